The van der Waals surface area contributed by atoms with Gasteiger partial charge in [-0.2, -0.15) is 0 Å². The molecule has 0 saturated carbocycles. The third-order valence-corrected chi connectivity index (χ3v) is 4.54. The summed E-state index contributed by atoms with van der Waals surface area (Å²) < 4.78 is 11.2. The zero-order valence-corrected chi connectivity index (χ0v) is 14.4. The van der Waals surface area contributed by atoms with Crippen molar-refractivity contribution in [3.8, 4) is 11.5 Å². The molecular formula is C22H19NO3. The summed E-state index contributed by atoms with van der Waals surface area (Å²) in [5.41, 5.74) is 1.88. The number of anilines is 1. The molecule has 1 aliphatic heterocycles. The van der Waals surface area contributed by atoms with E-state index < -0.39 is 6.10 Å². The molecule has 3 aromatic rings. The van der Waals surface area contributed by atoms with Crippen LogP contribution in [-0.2, 0) is 4.79 Å². The molecule has 0 radical (unpaired) electrons. The fraction of sp³-hybridized carbons (Fsp3) is 0.136. The van der Waals surface area contributed by atoms with E-state index in [-0.39, 0.29) is 11.9 Å². The highest BCUT2D eigenvalue weighted by molar-refractivity contribution is 6.05. The Kier molecular flexibility index (Phi) is 4.32. The summed E-state index contributed by atoms with van der Waals surface area (Å²) in [5.74, 6) is 1.41. The minimum absolute atomic E-state index is 0.0483. The van der Waals surface area contributed by atoms with Gasteiger partial charge in [-0.05, 0) is 42.0 Å². The first-order valence-corrected chi connectivity index (χ1v) is 8.52. The Bertz CT molecular complexity index is 878. The van der Waals surface area contributed by atoms with Crippen molar-refractivity contribution in [2.75, 3.05) is 12.0 Å². The lowest BCUT2D eigenvalue weighted by Crippen LogP contribution is -2.61. The number of β-lactam (4-membered cyclic amide) rings is 1. The fourth-order valence-corrected chi connectivity index (χ4v) is 3.23. The summed E-state index contributed by atoms with van der Waals surface area (Å²) in [6.07, 6.45) is -0.540. The van der Waals surface area contributed by atoms with Crippen LogP contribution in [0.5, 0.6) is 11.5 Å². The van der Waals surface area contributed by atoms with Gasteiger partial charge in [0.2, 0.25) is 6.10 Å². The molecule has 0 N–H and O–H groups in total. The highest BCUT2D eigenvalue weighted by Gasteiger charge is 2.50. The maximum absolute atomic E-state index is 12.9. The van der Waals surface area contributed by atoms with E-state index in [0.29, 0.717) is 5.75 Å². The number of amides is 1. The molecule has 4 heteroatoms. The predicted octanol–water partition coefficient (Wildman–Crippen LogP) is 4.23. The van der Waals surface area contributed by atoms with E-state index in [2.05, 4.69) is 0 Å². The molecule has 26 heavy (non-hydrogen) atoms. The van der Waals surface area contributed by atoms with Crippen molar-refractivity contribution >= 4 is 11.6 Å². The van der Waals surface area contributed by atoms with Gasteiger partial charge in [0.25, 0.3) is 5.91 Å². The number of hydrogen-bond acceptors (Lipinski definition) is 3. The number of para-hydroxylation sites is 1. The Morgan fingerprint density at radius 2 is 1.38 bits per heavy atom. The number of rotatable bonds is 5. The zero-order valence-electron chi connectivity index (χ0n) is 14.4. The minimum atomic E-state index is -0.540. The van der Waals surface area contributed by atoms with Crippen molar-refractivity contribution in [3.63, 3.8) is 0 Å². The smallest absolute Gasteiger partial charge is 0.271 e. The normalized spacial score (nSPS) is 19.0. The van der Waals surface area contributed by atoms with Crippen LogP contribution in [0.2, 0.25) is 0 Å². The summed E-state index contributed by atoms with van der Waals surface area (Å²) in [4.78, 5) is 14.7. The third-order valence-electron chi connectivity index (χ3n) is 4.54. The molecule has 130 valence electrons. The summed E-state index contributed by atoms with van der Waals surface area (Å²) >= 11 is 0. The van der Waals surface area contributed by atoms with Crippen LogP contribution in [0.3, 0.4) is 0 Å². The molecule has 0 bridgehead atoms. The maximum atomic E-state index is 12.9. The average Bonchev–Trinajstić information content (AvgIpc) is 2.71. The minimum Gasteiger partial charge on any atom is -0.497 e. The van der Waals surface area contributed by atoms with Gasteiger partial charge in [0.1, 0.15) is 17.5 Å². The van der Waals surface area contributed by atoms with Crippen molar-refractivity contribution in [2.45, 2.75) is 12.1 Å². The fourth-order valence-electron chi connectivity index (χ4n) is 3.23. The quantitative estimate of drug-likeness (QED) is 0.650. The molecule has 1 aliphatic rings. The summed E-state index contributed by atoms with van der Waals surface area (Å²) in [7, 11) is 1.63. The first-order chi connectivity index (χ1) is 12.8. The van der Waals surface area contributed by atoms with Crippen molar-refractivity contribution in [1.29, 1.82) is 0 Å². The number of nitrogens with zero attached hydrogens (tertiary/aromatic N) is 1. The van der Waals surface area contributed by atoms with E-state index >= 15 is 0 Å². The lowest BCUT2D eigenvalue weighted by atomic mass is 9.89. The lowest BCUT2D eigenvalue weighted by Gasteiger charge is -2.46. The maximum Gasteiger partial charge on any atom is 0.271 e. The molecule has 1 saturated heterocycles. The topological polar surface area (TPSA) is 38.8 Å². The van der Waals surface area contributed by atoms with Crippen LogP contribution in [0, 0.1) is 0 Å². The third kappa shape index (κ3) is 2.90. The van der Waals surface area contributed by atoms with E-state index in [1.807, 2.05) is 84.9 Å². The van der Waals surface area contributed by atoms with Gasteiger partial charge in [-0.15, -0.1) is 0 Å². The second-order valence-corrected chi connectivity index (χ2v) is 6.11. The average molecular weight is 345 g/mol. The Balaban J connectivity index is 1.66. The van der Waals surface area contributed by atoms with Crippen LogP contribution in [-0.4, -0.2) is 19.1 Å². The Morgan fingerprint density at radius 3 is 2.00 bits per heavy atom. The SMILES string of the molecule is COc1ccc(N2C(=O)[C@H](Oc3ccccc3)[C@H]2c2ccccc2)cc1. The molecule has 2 atom stereocenters. The first-order valence-electron chi connectivity index (χ1n) is 8.52. The number of carbonyl (C=O) groups excluding carboxylic acids is 1. The van der Waals surface area contributed by atoms with Crippen LogP contribution in [0.1, 0.15) is 11.6 Å². The lowest BCUT2D eigenvalue weighted by molar-refractivity contribution is -0.135. The number of carbonyl (C=O) groups is 1. The standard InChI is InChI=1S/C22H19NO3/c1-25-18-14-12-17(13-15-18)23-20(16-8-4-2-5-9-16)21(22(23)24)26-19-10-6-3-7-11-19/h2-15,20-21H,1H3/t20-,21-/m1/s1. The molecule has 4 rings (SSSR count). The summed E-state index contributed by atoms with van der Waals surface area (Å²) in [5, 5.41) is 0. The molecule has 3 aromatic carbocycles. The van der Waals surface area contributed by atoms with Gasteiger partial charge in [-0.3, -0.25) is 9.69 Å². The molecule has 1 heterocycles. The van der Waals surface area contributed by atoms with Gasteiger partial charge in [-0.25, -0.2) is 0 Å². The van der Waals surface area contributed by atoms with Crippen LogP contribution < -0.4 is 14.4 Å². The highest BCUT2D eigenvalue weighted by Crippen LogP contribution is 2.41. The van der Waals surface area contributed by atoms with Crippen molar-refractivity contribution in [1.82, 2.24) is 0 Å². The molecular weight excluding hydrogens is 326 g/mol. The van der Waals surface area contributed by atoms with Crippen LogP contribution in [0.25, 0.3) is 0 Å². The van der Waals surface area contributed by atoms with Gasteiger partial charge in [0.15, 0.2) is 0 Å². The van der Waals surface area contributed by atoms with E-state index in [1.165, 1.54) is 0 Å². The zero-order chi connectivity index (χ0) is 17.9. The van der Waals surface area contributed by atoms with Crippen LogP contribution in [0.15, 0.2) is 84.9 Å². The second-order valence-electron chi connectivity index (χ2n) is 6.11. The highest BCUT2D eigenvalue weighted by atomic mass is 16.5. The Labute approximate surface area is 152 Å². The Morgan fingerprint density at radius 1 is 0.769 bits per heavy atom. The van der Waals surface area contributed by atoms with E-state index in [9.17, 15) is 4.79 Å². The van der Waals surface area contributed by atoms with Crippen molar-refractivity contribution in [3.05, 3.63) is 90.5 Å². The number of ether oxygens (including phenoxy) is 2. The van der Waals surface area contributed by atoms with Crippen LogP contribution in [0.4, 0.5) is 5.69 Å². The van der Waals surface area contributed by atoms with Gasteiger partial charge >= 0.3 is 0 Å². The number of methoxy groups -OCH3 is 1. The van der Waals surface area contributed by atoms with E-state index in [4.69, 9.17) is 9.47 Å². The molecule has 1 fully saturated rings. The molecule has 0 unspecified atom stereocenters. The van der Waals surface area contributed by atoms with Gasteiger partial charge in [0, 0.05) is 5.69 Å². The van der Waals surface area contributed by atoms with Crippen molar-refractivity contribution < 1.29 is 14.3 Å². The number of benzene rings is 3. The van der Waals surface area contributed by atoms with Gasteiger partial charge < -0.3 is 9.47 Å². The summed E-state index contributed by atoms with van der Waals surface area (Å²) in [6, 6.07) is 26.8. The van der Waals surface area contributed by atoms with Gasteiger partial charge in [0.05, 0.1) is 7.11 Å². The van der Waals surface area contributed by atoms with Crippen molar-refractivity contribution in [2.24, 2.45) is 0 Å². The van der Waals surface area contributed by atoms with Gasteiger partial charge in [-0.1, -0.05) is 48.5 Å². The monoisotopic (exact) mass is 345 g/mol. The molecule has 0 spiro atoms. The molecule has 1 amide bonds. The summed E-state index contributed by atoms with van der Waals surface area (Å²) in [6.45, 7) is 0. The molecule has 0 aromatic heterocycles. The molecule has 4 nitrogen and oxygen atoms in total. The first kappa shape index (κ1) is 16.2. The van der Waals surface area contributed by atoms with Crippen LogP contribution >= 0.6 is 0 Å². The van der Waals surface area contributed by atoms with E-state index in [0.717, 1.165) is 17.0 Å². The Hall–Kier alpha value is -3.27. The second kappa shape index (κ2) is 6.92. The van der Waals surface area contributed by atoms with E-state index in [1.54, 1.807) is 12.0 Å². The largest absolute Gasteiger partial charge is 0.497 e. The number of hydrogen-bond donors (Lipinski definition) is 0. The molecule has 0 aliphatic carbocycles. The predicted molar refractivity (Wildman–Crippen MR) is 101 cm³/mol.